The molecule has 1 heterocycles. The van der Waals surface area contributed by atoms with E-state index in [1.807, 2.05) is 19.9 Å². The number of alkyl halides is 2. The van der Waals surface area contributed by atoms with Crippen LogP contribution in [-0.4, -0.2) is 29.2 Å². The van der Waals surface area contributed by atoms with Crippen molar-refractivity contribution in [2.75, 3.05) is 13.7 Å². The number of benzene rings is 1. The molecule has 0 aliphatic heterocycles. The summed E-state index contributed by atoms with van der Waals surface area (Å²) in [6, 6.07) is 5.37. The van der Waals surface area contributed by atoms with Crippen LogP contribution in [0.1, 0.15) is 29.0 Å². The van der Waals surface area contributed by atoms with Crippen LogP contribution in [0.25, 0.3) is 6.08 Å². The van der Waals surface area contributed by atoms with Crippen LogP contribution < -0.4 is 9.47 Å². The standard InChI is InChI=1S/C20H21Cl2NO5/c1-12-16(13(2)28-23-12)11-26-17-6-4-14(8-18(17)25-3)5-7-19(24)27-10-15-9-20(15,21)22/h4-8,15H,9-11H2,1-3H3. The fourth-order valence-electron chi connectivity index (χ4n) is 2.61. The lowest BCUT2D eigenvalue weighted by Crippen LogP contribution is -2.06. The molecule has 6 nitrogen and oxygen atoms in total. The van der Waals surface area contributed by atoms with Crippen molar-refractivity contribution in [3.05, 3.63) is 46.9 Å². The topological polar surface area (TPSA) is 70.8 Å². The molecule has 1 unspecified atom stereocenters. The molecule has 8 heteroatoms. The van der Waals surface area contributed by atoms with Crippen LogP contribution in [0.5, 0.6) is 11.5 Å². The van der Waals surface area contributed by atoms with Gasteiger partial charge in [0.25, 0.3) is 0 Å². The number of halogens is 2. The number of carbonyl (C=O) groups is 1. The molecule has 0 bridgehead atoms. The van der Waals surface area contributed by atoms with E-state index in [4.69, 9.17) is 41.9 Å². The van der Waals surface area contributed by atoms with Gasteiger partial charge in [0.05, 0.1) is 25.0 Å². The SMILES string of the molecule is COc1cc(C=CC(=O)OCC2CC2(Cl)Cl)ccc1OCc1c(C)noc1C. The van der Waals surface area contributed by atoms with E-state index in [9.17, 15) is 4.79 Å². The maximum absolute atomic E-state index is 11.8. The Morgan fingerprint density at radius 1 is 1.36 bits per heavy atom. The van der Waals surface area contributed by atoms with Gasteiger partial charge in [0.15, 0.2) is 11.5 Å². The molecule has 1 aromatic heterocycles. The number of aryl methyl sites for hydroxylation is 2. The van der Waals surface area contributed by atoms with Gasteiger partial charge in [0.1, 0.15) is 16.7 Å². The molecule has 1 fully saturated rings. The first kappa shape index (κ1) is 20.6. The average Bonchev–Trinajstić information content (AvgIpc) is 3.16. The van der Waals surface area contributed by atoms with Crippen molar-refractivity contribution in [3.8, 4) is 11.5 Å². The van der Waals surface area contributed by atoms with Crippen LogP contribution >= 0.6 is 23.2 Å². The zero-order valence-corrected chi connectivity index (χ0v) is 17.3. The van der Waals surface area contributed by atoms with Crippen LogP contribution in [0.2, 0.25) is 0 Å². The quantitative estimate of drug-likeness (QED) is 0.348. The second-order valence-corrected chi connectivity index (χ2v) is 8.17. The molecule has 0 radical (unpaired) electrons. The summed E-state index contributed by atoms with van der Waals surface area (Å²) in [5, 5.41) is 3.91. The van der Waals surface area contributed by atoms with Gasteiger partial charge in [-0.3, -0.25) is 0 Å². The third kappa shape index (κ3) is 5.00. The number of hydrogen-bond acceptors (Lipinski definition) is 6. The smallest absolute Gasteiger partial charge is 0.330 e. The van der Waals surface area contributed by atoms with E-state index in [-0.39, 0.29) is 12.5 Å². The highest BCUT2D eigenvalue weighted by molar-refractivity contribution is 6.50. The predicted octanol–water partition coefficient (Wildman–Crippen LogP) is 4.63. The largest absolute Gasteiger partial charge is 0.493 e. The predicted molar refractivity (Wildman–Crippen MR) is 106 cm³/mol. The van der Waals surface area contributed by atoms with Crippen LogP contribution in [0.15, 0.2) is 28.8 Å². The van der Waals surface area contributed by atoms with Crippen molar-refractivity contribution < 1.29 is 23.5 Å². The van der Waals surface area contributed by atoms with Crippen molar-refractivity contribution in [1.82, 2.24) is 5.16 Å². The molecule has 150 valence electrons. The summed E-state index contributed by atoms with van der Waals surface area (Å²) in [7, 11) is 1.56. The van der Waals surface area contributed by atoms with E-state index in [1.165, 1.54) is 6.08 Å². The number of methoxy groups -OCH3 is 1. The summed E-state index contributed by atoms with van der Waals surface area (Å²) in [4.78, 5) is 11.8. The van der Waals surface area contributed by atoms with Gasteiger partial charge in [-0.1, -0.05) is 11.2 Å². The number of hydrogen-bond donors (Lipinski definition) is 0. The molecule has 1 aromatic carbocycles. The van der Waals surface area contributed by atoms with Crippen LogP contribution in [0.4, 0.5) is 0 Å². The molecule has 28 heavy (non-hydrogen) atoms. The lowest BCUT2D eigenvalue weighted by atomic mass is 10.2. The first-order valence-electron chi connectivity index (χ1n) is 8.75. The van der Waals surface area contributed by atoms with Gasteiger partial charge in [-0.25, -0.2) is 4.79 Å². The monoisotopic (exact) mass is 425 g/mol. The Kier molecular flexibility index (Phi) is 6.20. The highest BCUT2D eigenvalue weighted by Gasteiger charge is 2.52. The van der Waals surface area contributed by atoms with E-state index in [2.05, 4.69) is 5.16 Å². The number of esters is 1. The Bertz CT molecular complexity index is 871. The minimum Gasteiger partial charge on any atom is -0.493 e. The first-order chi connectivity index (χ1) is 13.3. The minimum absolute atomic E-state index is 0.00223. The van der Waals surface area contributed by atoms with Gasteiger partial charge < -0.3 is 18.7 Å². The summed E-state index contributed by atoms with van der Waals surface area (Å²) in [5.41, 5.74) is 2.47. The lowest BCUT2D eigenvalue weighted by Gasteiger charge is -2.11. The molecule has 0 N–H and O–H groups in total. The lowest BCUT2D eigenvalue weighted by molar-refractivity contribution is -0.138. The highest BCUT2D eigenvalue weighted by Crippen LogP contribution is 2.53. The van der Waals surface area contributed by atoms with Crippen LogP contribution in [0.3, 0.4) is 0 Å². The average molecular weight is 426 g/mol. The van der Waals surface area contributed by atoms with E-state index < -0.39 is 10.3 Å². The second-order valence-electron chi connectivity index (χ2n) is 6.63. The number of carbonyl (C=O) groups excluding carboxylic acids is 1. The molecule has 1 aliphatic carbocycles. The van der Waals surface area contributed by atoms with Gasteiger partial charge >= 0.3 is 5.97 Å². The Labute approximate surface area is 173 Å². The van der Waals surface area contributed by atoms with E-state index in [0.717, 1.165) is 22.6 Å². The van der Waals surface area contributed by atoms with Gasteiger partial charge in [0.2, 0.25) is 0 Å². The maximum Gasteiger partial charge on any atom is 0.330 e. The number of nitrogens with zero attached hydrogens (tertiary/aromatic N) is 1. The molecule has 0 spiro atoms. The normalized spacial score (nSPS) is 17.5. The van der Waals surface area contributed by atoms with Crippen molar-refractivity contribution in [2.24, 2.45) is 5.92 Å². The van der Waals surface area contributed by atoms with Crippen molar-refractivity contribution in [3.63, 3.8) is 0 Å². The van der Waals surface area contributed by atoms with Crippen molar-refractivity contribution in [1.29, 1.82) is 0 Å². The van der Waals surface area contributed by atoms with Gasteiger partial charge in [0, 0.05) is 12.0 Å². The van der Waals surface area contributed by atoms with E-state index in [0.29, 0.717) is 24.5 Å². The second kappa shape index (κ2) is 8.45. The fourth-order valence-corrected chi connectivity index (χ4v) is 3.11. The molecule has 0 amide bonds. The van der Waals surface area contributed by atoms with Crippen molar-refractivity contribution in [2.45, 2.75) is 31.2 Å². The molecule has 1 atom stereocenters. The Balaban J connectivity index is 1.58. The Morgan fingerprint density at radius 3 is 2.71 bits per heavy atom. The van der Waals surface area contributed by atoms with Gasteiger partial charge in [-0.05, 0) is 44.0 Å². The Hall–Kier alpha value is -2.18. The summed E-state index contributed by atoms with van der Waals surface area (Å²) in [5.74, 6) is 1.41. The minimum atomic E-state index is -0.753. The third-order valence-electron chi connectivity index (χ3n) is 4.54. The summed E-state index contributed by atoms with van der Waals surface area (Å²) >= 11 is 11.8. The summed E-state index contributed by atoms with van der Waals surface area (Å²) in [6.07, 6.45) is 3.63. The van der Waals surface area contributed by atoms with Gasteiger partial charge in [-0.15, -0.1) is 23.2 Å². The number of ether oxygens (including phenoxy) is 3. The zero-order chi connectivity index (χ0) is 20.3. The number of rotatable bonds is 8. The highest BCUT2D eigenvalue weighted by atomic mass is 35.5. The van der Waals surface area contributed by atoms with Gasteiger partial charge in [-0.2, -0.15) is 0 Å². The van der Waals surface area contributed by atoms with E-state index >= 15 is 0 Å². The fraction of sp³-hybridized carbons (Fsp3) is 0.400. The first-order valence-corrected chi connectivity index (χ1v) is 9.51. The molecular weight excluding hydrogens is 405 g/mol. The summed E-state index contributed by atoms with van der Waals surface area (Å²) in [6.45, 7) is 4.24. The Morgan fingerprint density at radius 2 is 2.11 bits per heavy atom. The van der Waals surface area contributed by atoms with Crippen molar-refractivity contribution >= 4 is 35.2 Å². The molecule has 0 saturated heterocycles. The molecule has 2 aromatic rings. The third-order valence-corrected chi connectivity index (χ3v) is 5.46. The molecule has 1 saturated carbocycles. The summed E-state index contributed by atoms with van der Waals surface area (Å²) < 4.78 is 20.8. The maximum atomic E-state index is 11.8. The van der Waals surface area contributed by atoms with Crippen LogP contribution in [0, 0.1) is 19.8 Å². The zero-order valence-electron chi connectivity index (χ0n) is 15.8. The number of aromatic nitrogens is 1. The van der Waals surface area contributed by atoms with Crippen LogP contribution in [-0.2, 0) is 16.1 Å². The molecule has 3 rings (SSSR count). The van der Waals surface area contributed by atoms with E-state index in [1.54, 1.807) is 25.3 Å². The molecule has 1 aliphatic rings. The molecular formula is C20H21Cl2NO5.